The van der Waals surface area contributed by atoms with Crippen LogP contribution in [0.15, 0.2) is 16.6 Å². The SMILES string of the molecule is Cc1ccc(Br)c(N2CCN(C(=O)OC(C)(C)C)CC(O)C2)n1. The molecule has 2 rings (SSSR count). The minimum Gasteiger partial charge on any atom is -0.444 e. The van der Waals surface area contributed by atoms with E-state index in [1.165, 1.54) is 0 Å². The number of hydrogen-bond donors (Lipinski definition) is 1. The number of carbonyl (C=O) groups excluding carboxylic acids is 1. The fraction of sp³-hybridized carbons (Fsp3) is 0.625. The van der Waals surface area contributed by atoms with Gasteiger partial charge in [0.15, 0.2) is 0 Å². The number of nitrogens with zero attached hydrogens (tertiary/aromatic N) is 3. The van der Waals surface area contributed by atoms with Gasteiger partial charge in [-0.3, -0.25) is 0 Å². The van der Waals surface area contributed by atoms with Gasteiger partial charge in [-0.15, -0.1) is 0 Å². The monoisotopic (exact) mass is 385 g/mol. The van der Waals surface area contributed by atoms with E-state index < -0.39 is 17.8 Å². The highest BCUT2D eigenvalue weighted by molar-refractivity contribution is 9.10. The van der Waals surface area contributed by atoms with Crippen LogP contribution in [0.5, 0.6) is 0 Å². The molecule has 0 radical (unpaired) electrons. The molecule has 7 heteroatoms. The third-order valence-electron chi connectivity index (χ3n) is 3.42. The highest BCUT2D eigenvalue weighted by Gasteiger charge is 2.29. The van der Waals surface area contributed by atoms with E-state index in [0.717, 1.165) is 16.0 Å². The average Bonchev–Trinajstić information content (AvgIpc) is 2.61. The summed E-state index contributed by atoms with van der Waals surface area (Å²) in [6.45, 7) is 9.18. The molecule has 128 valence electrons. The molecule has 1 N–H and O–H groups in total. The molecule has 1 aliphatic heterocycles. The molecule has 0 aliphatic carbocycles. The molecule has 1 aromatic heterocycles. The van der Waals surface area contributed by atoms with Crippen LogP contribution >= 0.6 is 15.9 Å². The average molecular weight is 386 g/mol. The fourth-order valence-corrected chi connectivity index (χ4v) is 2.89. The van der Waals surface area contributed by atoms with Crippen LogP contribution in [-0.4, -0.2) is 59.0 Å². The molecule has 1 aliphatic rings. The van der Waals surface area contributed by atoms with E-state index in [2.05, 4.69) is 20.9 Å². The van der Waals surface area contributed by atoms with E-state index in [9.17, 15) is 9.90 Å². The molecule has 0 bridgehead atoms. The molecule has 2 heterocycles. The molecule has 0 aromatic carbocycles. The van der Waals surface area contributed by atoms with E-state index in [-0.39, 0.29) is 6.54 Å². The van der Waals surface area contributed by atoms with Crippen LogP contribution in [0.4, 0.5) is 10.6 Å². The Hall–Kier alpha value is -1.34. The summed E-state index contributed by atoms with van der Waals surface area (Å²) in [5.74, 6) is 0.787. The predicted octanol–water partition coefficient (Wildman–Crippen LogP) is 2.57. The largest absolute Gasteiger partial charge is 0.444 e. The van der Waals surface area contributed by atoms with Crippen LogP contribution in [0.25, 0.3) is 0 Å². The van der Waals surface area contributed by atoms with Crippen molar-refractivity contribution >= 4 is 27.8 Å². The van der Waals surface area contributed by atoms with E-state index in [4.69, 9.17) is 4.74 Å². The number of aliphatic hydroxyl groups is 1. The van der Waals surface area contributed by atoms with E-state index in [1.807, 2.05) is 44.7 Å². The highest BCUT2D eigenvalue weighted by Crippen LogP contribution is 2.25. The Labute approximate surface area is 145 Å². The van der Waals surface area contributed by atoms with E-state index in [0.29, 0.717) is 19.6 Å². The van der Waals surface area contributed by atoms with Gasteiger partial charge in [0.25, 0.3) is 0 Å². The molecule has 0 saturated carbocycles. The van der Waals surface area contributed by atoms with Crippen molar-refractivity contribution in [1.29, 1.82) is 0 Å². The Bertz CT molecular complexity index is 574. The number of ether oxygens (including phenoxy) is 1. The first-order chi connectivity index (χ1) is 10.7. The van der Waals surface area contributed by atoms with Gasteiger partial charge in [0.2, 0.25) is 0 Å². The van der Waals surface area contributed by atoms with Gasteiger partial charge in [0.1, 0.15) is 11.4 Å². The molecular weight excluding hydrogens is 362 g/mol. The van der Waals surface area contributed by atoms with Gasteiger partial charge in [-0.25, -0.2) is 9.78 Å². The summed E-state index contributed by atoms with van der Waals surface area (Å²) >= 11 is 3.50. The Kier molecular flexibility index (Phi) is 5.52. The van der Waals surface area contributed by atoms with Gasteiger partial charge >= 0.3 is 6.09 Å². The van der Waals surface area contributed by atoms with Crippen LogP contribution < -0.4 is 4.90 Å². The van der Waals surface area contributed by atoms with Gasteiger partial charge in [0.05, 0.1) is 17.1 Å². The lowest BCUT2D eigenvalue weighted by atomic mass is 10.2. The number of hydrogen-bond acceptors (Lipinski definition) is 5. The summed E-state index contributed by atoms with van der Waals surface area (Å²) in [5, 5.41) is 10.3. The number of carbonyl (C=O) groups is 1. The molecular formula is C16H24BrN3O3. The molecule has 1 unspecified atom stereocenters. The van der Waals surface area contributed by atoms with Crippen molar-refractivity contribution in [3.05, 3.63) is 22.3 Å². The Morgan fingerprint density at radius 1 is 1.35 bits per heavy atom. The highest BCUT2D eigenvalue weighted by atomic mass is 79.9. The summed E-state index contributed by atoms with van der Waals surface area (Å²) in [5.41, 5.74) is 0.362. The first kappa shape index (κ1) is 18.0. The molecule has 0 spiro atoms. The smallest absolute Gasteiger partial charge is 0.410 e. The van der Waals surface area contributed by atoms with E-state index in [1.54, 1.807) is 4.90 Å². The van der Waals surface area contributed by atoms with Gasteiger partial charge in [0, 0.05) is 25.3 Å². The zero-order valence-corrected chi connectivity index (χ0v) is 15.6. The second-order valence-corrected chi connectivity index (χ2v) is 7.64. The van der Waals surface area contributed by atoms with Crippen LogP contribution in [0, 0.1) is 6.92 Å². The van der Waals surface area contributed by atoms with Crippen molar-refractivity contribution in [2.24, 2.45) is 0 Å². The molecule has 1 atom stereocenters. The van der Waals surface area contributed by atoms with Gasteiger partial charge in [-0.1, -0.05) is 0 Å². The molecule has 1 fully saturated rings. The second-order valence-electron chi connectivity index (χ2n) is 6.78. The lowest BCUT2D eigenvalue weighted by molar-refractivity contribution is 0.0186. The Balaban J connectivity index is 2.12. The fourth-order valence-electron chi connectivity index (χ4n) is 2.42. The quantitative estimate of drug-likeness (QED) is 0.804. The lowest BCUT2D eigenvalue weighted by Gasteiger charge is -2.27. The second kappa shape index (κ2) is 7.05. The number of anilines is 1. The maximum Gasteiger partial charge on any atom is 0.410 e. The number of halogens is 1. The van der Waals surface area contributed by atoms with Crippen molar-refractivity contribution in [2.45, 2.75) is 39.4 Å². The maximum atomic E-state index is 12.2. The Morgan fingerprint density at radius 3 is 2.70 bits per heavy atom. The summed E-state index contributed by atoms with van der Waals surface area (Å²) in [6.07, 6.45) is -1.05. The number of β-amino-alcohol motifs (C(OH)–C–C–N with tert-alkyl or cyclic N) is 1. The van der Waals surface area contributed by atoms with Crippen molar-refractivity contribution < 1.29 is 14.6 Å². The van der Waals surface area contributed by atoms with Crippen LogP contribution in [0.2, 0.25) is 0 Å². The zero-order valence-electron chi connectivity index (χ0n) is 14.0. The summed E-state index contributed by atoms with van der Waals surface area (Å²) in [7, 11) is 0. The maximum absolute atomic E-state index is 12.2. The molecule has 1 aromatic rings. The van der Waals surface area contributed by atoms with Crippen LogP contribution in [0.1, 0.15) is 26.5 Å². The third-order valence-corrected chi connectivity index (χ3v) is 4.04. The van der Waals surface area contributed by atoms with Gasteiger partial charge < -0.3 is 19.6 Å². The first-order valence-electron chi connectivity index (χ1n) is 7.70. The molecule has 23 heavy (non-hydrogen) atoms. The van der Waals surface area contributed by atoms with Gasteiger partial charge in [-0.2, -0.15) is 0 Å². The van der Waals surface area contributed by atoms with Gasteiger partial charge in [-0.05, 0) is 55.8 Å². The van der Waals surface area contributed by atoms with E-state index >= 15 is 0 Å². The minimum atomic E-state index is -0.653. The standard InChI is InChI=1S/C16H24BrN3O3/c1-11-5-6-13(17)14(18-11)19-7-8-20(10-12(21)9-19)15(22)23-16(2,3)4/h5-6,12,21H,7-10H2,1-4H3. The number of aromatic nitrogens is 1. The lowest BCUT2D eigenvalue weighted by Crippen LogP contribution is -2.41. The van der Waals surface area contributed by atoms with Crippen molar-refractivity contribution in [2.75, 3.05) is 31.1 Å². The van der Waals surface area contributed by atoms with Crippen molar-refractivity contribution in [3.8, 4) is 0 Å². The van der Waals surface area contributed by atoms with Crippen molar-refractivity contribution in [1.82, 2.24) is 9.88 Å². The third kappa shape index (κ3) is 5.07. The summed E-state index contributed by atoms with van der Waals surface area (Å²) in [4.78, 5) is 20.3. The summed E-state index contributed by atoms with van der Waals surface area (Å²) in [6, 6.07) is 3.87. The minimum absolute atomic E-state index is 0.259. The number of amides is 1. The number of aliphatic hydroxyl groups excluding tert-OH is 1. The molecule has 1 saturated heterocycles. The zero-order chi connectivity index (χ0) is 17.2. The van der Waals surface area contributed by atoms with Crippen LogP contribution in [0.3, 0.4) is 0 Å². The first-order valence-corrected chi connectivity index (χ1v) is 8.49. The van der Waals surface area contributed by atoms with Crippen molar-refractivity contribution in [3.63, 3.8) is 0 Å². The molecule has 1 amide bonds. The van der Waals surface area contributed by atoms with Crippen LogP contribution in [-0.2, 0) is 4.74 Å². The predicted molar refractivity (Wildman–Crippen MR) is 92.7 cm³/mol. The topological polar surface area (TPSA) is 65.9 Å². The summed E-state index contributed by atoms with van der Waals surface area (Å²) < 4.78 is 6.27. The normalized spacial score (nSPS) is 19.5. The molecule has 6 nitrogen and oxygen atoms in total. The number of rotatable bonds is 1. The Morgan fingerprint density at radius 2 is 2.04 bits per heavy atom. The number of aryl methyl sites for hydroxylation is 1. The number of pyridine rings is 1.